The Morgan fingerprint density at radius 1 is 1.32 bits per heavy atom. The third kappa shape index (κ3) is 3.03. The van der Waals surface area contributed by atoms with Crippen molar-refractivity contribution in [1.82, 2.24) is 9.88 Å². The number of fused-ring (bicyclic) bond motifs is 1. The van der Waals surface area contributed by atoms with Crippen molar-refractivity contribution >= 4 is 17.1 Å². The van der Waals surface area contributed by atoms with Crippen LogP contribution in [0.25, 0.3) is 10.9 Å². The van der Waals surface area contributed by atoms with Gasteiger partial charge >= 0.3 is 0 Å². The molecular formula is C15H21N3O. The number of aliphatic hydroxyl groups excluding tert-OH is 1. The summed E-state index contributed by atoms with van der Waals surface area (Å²) < 4.78 is 2.20. The summed E-state index contributed by atoms with van der Waals surface area (Å²) in [5, 5.41) is 13.0. The molecule has 19 heavy (non-hydrogen) atoms. The number of nitrogens with one attached hydrogen (secondary N) is 1. The van der Waals surface area contributed by atoms with E-state index in [0.29, 0.717) is 6.54 Å². The Hall–Kier alpha value is -1.65. The average molecular weight is 259 g/mol. The number of hydrogen-bond acceptors (Lipinski definition) is 3. The van der Waals surface area contributed by atoms with Crippen LogP contribution in [0, 0.1) is 6.92 Å². The number of aryl methyl sites for hydroxylation is 1. The van der Waals surface area contributed by atoms with E-state index in [1.807, 2.05) is 6.21 Å². The van der Waals surface area contributed by atoms with E-state index in [9.17, 15) is 0 Å². The van der Waals surface area contributed by atoms with Crippen molar-refractivity contribution in [2.75, 3.05) is 26.2 Å². The van der Waals surface area contributed by atoms with E-state index >= 15 is 0 Å². The highest BCUT2D eigenvalue weighted by atomic mass is 16.3. The quantitative estimate of drug-likeness (QED) is 0.610. The van der Waals surface area contributed by atoms with E-state index in [0.717, 1.165) is 13.1 Å². The van der Waals surface area contributed by atoms with Crippen molar-refractivity contribution in [3.05, 3.63) is 35.5 Å². The Bertz CT molecular complexity index is 572. The number of aliphatic hydroxyl groups is 1. The van der Waals surface area contributed by atoms with Gasteiger partial charge in [0, 0.05) is 48.5 Å². The van der Waals surface area contributed by atoms with Crippen molar-refractivity contribution in [2.24, 2.45) is 12.0 Å². The Labute approximate surface area is 113 Å². The Kier molecular flexibility index (Phi) is 4.71. The molecule has 102 valence electrons. The summed E-state index contributed by atoms with van der Waals surface area (Å²) in [4.78, 5) is 4.46. The van der Waals surface area contributed by atoms with E-state index in [4.69, 9.17) is 5.11 Å². The van der Waals surface area contributed by atoms with Crippen molar-refractivity contribution in [3.63, 3.8) is 0 Å². The van der Waals surface area contributed by atoms with Gasteiger partial charge in [0.15, 0.2) is 0 Å². The van der Waals surface area contributed by atoms with Gasteiger partial charge in [-0.15, -0.1) is 0 Å². The highest BCUT2D eigenvalue weighted by molar-refractivity contribution is 6.01. The van der Waals surface area contributed by atoms with Crippen LogP contribution >= 0.6 is 0 Å². The van der Waals surface area contributed by atoms with Crippen LogP contribution in [0.5, 0.6) is 0 Å². The number of rotatable bonds is 6. The number of aromatic nitrogens is 1. The first-order chi connectivity index (χ1) is 9.25. The van der Waals surface area contributed by atoms with E-state index < -0.39 is 0 Å². The number of benzene rings is 1. The molecule has 0 bridgehead atoms. The molecule has 0 saturated heterocycles. The zero-order valence-electron chi connectivity index (χ0n) is 11.6. The number of para-hydroxylation sites is 1. The number of aliphatic imine (C=N–C) groups is 1. The summed E-state index contributed by atoms with van der Waals surface area (Å²) >= 11 is 0. The number of hydrogen-bond donors (Lipinski definition) is 2. The fraction of sp³-hybridized carbons (Fsp3) is 0.400. The predicted octanol–water partition coefficient (Wildman–Crippen LogP) is 1.49. The molecule has 0 fully saturated rings. The Morgan fingerprint density at radius 3 is 2.89 bits per heavy atom. The lowest BCUT2D eigenvalue weighted by Crippen LogP contribution is -2.21. The minimum Gasteiger partial charge on any atom is -0.395 e. The van der Waals surface area contributed by atoms with Gasteiger partial charge in [-0.1, -0.05) is 18.2 Å². The minimum absolute atomic E-state index is 0.173. The predicted molar refractivity (Wildman–Crippen MR) is 80.1 cm³/mol. The van der Waals surface area contributed by atoms with Crippen LogP contribution in [-0.4, -0.2) is 42.1 Å². The van der Waals surface area contributed by atoms with E-state index in [1.54, 1.807) is 0 Å². The van der Waals surface area contributed by atoms with Gasteiger partial charge in [-0.3, -0.25) is 4.99 Å². The second-order valence-electron chi connectivity index (χ2n) is 4.58. The van der Waals surface area contributed by atoms with Crippen molar-refractivity contribution in [2.45, 2.75) is 6.92 Å². The van der Waals surface area contributed by atoms with E-state index in [1.165, 1.54) is 22.2 Å². The minimum atomic E-state index is 0.173. The molecular weight excluding hydrogens is 238 g/mol. The van der Waals surface area contributed by atoms with Gasteiger partial charge in [-0.25, -0.2) is 0 Å². The second-order valence-corrected chi connectivity index (χ2v) is 4.58. The number of nitrogens with zero attached hydrogens (tertiary/aromatic N) is 2. The highest BCUT2D eigenvalue weighted by Gasteiger charge is 2.08. The van der Waals surface area contributed by atoms with Crippen LogP contribution in [0.4, 0.5) is 0 Å². The lowest BCUT2D eigenvalue weighted by Gasteiger charge is -1.99. The van der Waals surface area contributed by atoms with Gasteiger partial charge in [0.1, 0.15) is 0 Å². The molecule has 0 unspecified atom stereocenters. The molecule has 4 nitrogen and oxygen atoms in total. The SMILES string of the molecule is Cc1c(C=NCCNCCO)c2ccccc2n1C. The molecule has 1 aromatic heterocycles. The summed E-state index contributed by atoms with van der Waals surface area (Å²) in [5.41, 5.74) is 3.66. The largest absolute Gasteiger partial charge is 0.395 e. The van der Waals surface area contributed by atoms with Crippen LogP contribution in [0.15, 0.2) is 29.3 Å². The van der Waals surface area contributed by atoms with Gasteiger partial charge in [0.25, 0.3) is 0 Å². The smallest absolute Gasteiger partial charge is 0.0555 e. The van der Waals surface area contributed by atoms with Crippen LogP contribution in [0.2, 0.25) is 0 Å². The van der Waals surface area contributed by atoms with Crippen LogP contribution in [0.3, 0.4) is 0 Å². The molecule has 0 atom stereocenters. The maximum absolute atomic E-state index is 8.65. The molecule has 0 aliphatic carbocycles. The first kappa shape index (κ1) is 13.8. The topological polar surface area (TPSA) is 49.6 Å². The standard InChI is InChI=1S/C15H21N3O/c1-12-14(11-17-8-7-16-9-10-19)13-5-3-4-6-15(13)18(12)2/h3-6,11,16,19H,7-10H2,1-2H3. The molecule has 0 radical (unpaired) electrons. The van der Waals surface area contributed by atoms with Gasteiger partial charge in [-0.2, -0.15) is 0 Å². The van der Waals surface area contributed by atoms with Crippen molar-refractivity contribution in [1.29, 1.82) is 0 Å². The molecule has 4 heteroatoms. The maximum atomic E-state index is 8.65. The molecule has 0 saturated carbocycles. The highest BCUT2D eigenvalue weighted by Crippen LogP contribution is 2.22. The van der Waals surface area contributed by atoms with Crippen LogP contribution in [0.1, 0.15) is 11.3 Å². The van der Waals surface area contributed by atoms with Gasteiger partial charge in [0.2, 0.25) is 0 Å². The third-order valence-corrected chi connectivity index (χ3v) is 3.38. The fourth-order valence-corrected chi connectivity index (χ4v) is 2.22. The van der Waals surface area contributed by atoms with Crippen LogP contribution in [-0.2, 0) is 7.05 Å². The van der Waals surface area contributed by atoms with E-state index in [2.05, 4.69) is 53.1 Å². The molecule has 0 spiro atoms. The summed E-state index contributed by atoms with van der Waals surface area (Å²) in [5.74, 6) is 0. The maximum Gasteiger partial charge on any atom is 0.0555 e. The Balaban J connectivity index is 2.12. The molecule has 1 heterocycles. The second kappa shape index (κ2) is 6.50. The summed E-state index contributed by atoms with van der Waals surface area (Å²) in [6.07, 6.45) is 1.96. The van der Waals surface area contributed by atoms with Gasteiger partial charge in [0.05, 0.1) is 13.2 Å². The molecule has 1 aromatic carbocycles. The third-order valence-electron chi connectivity index (χ3n) is 3.38. The molecule has 0 aliphatic heterocycles. The molecule has 2 rings (SSSR count). The van der Waals surface area contributed by atoms with Crippen molar-refractivity contribution in [3.8, 4) is 0 Å². The molecule has 0 amide bonds. The zero-order valence-corrected chi connectivity index (χ0v) is 11.6. The van der Waals surface area contributed by atoms with Crippen LogP contribution < -0.4 is 5.32 Å². The van der Waals surface area contributed by atoms with E-state index in [-0.39, 0.29) is 6.61 Å². The Morgan fingerprint density at radius 2 is 2.11 bits per heavy atom. The zero-order chi connectivity index (χ0) is 13.7. The fourth-order valence-electron chi connectivity index (χ4n) is 2.22. The summed E-state index contributed by atoms with van der Waals surface area (Å²) in [6, 6.07) is 8.37. The van der Waals surface area contributed by atoms with Gasteiger partial charge in [-0.05, 0) is 13.0 Å². The first-order valence-electron chi connectivity index (χ1n) is 6.61. The first-order valence-corrected chi connectivity index (χ1v) is 6.61. The van der Waals surface area contributed by atoms with Crippen molar-refractivity contribution < 1.29 is 5.11 Å². The lowest BCUT2D eigenvalue weighted by atomic mass is 10.1. The summed E-state index contributed by atoms with van der Waals surface area (Å²) in [7, 11) is 2.08. The monoisotopic (exact) mass is 259 g/mol. The molecule has 0 aliphatic rings. The average Bonchev–Trinajstić information content (AvgIpc) is 2.68. The summed E-state index contributed by atoms with van der Waals surface area (Å²) in [6.45, 7) is 4.43. The lowest BCUT2D eigenvalue weighted by molar-refractivity contribution is 0.293. The normalized spacial score (nSPS) is 11.7. The molecule has 2 N–H and O–H groups in total. The van der Waals surface area contributed by atoms with Gasteiger partial charge < -0.3 is 15.0 Å². The molecule has 2 aromatic rings.